The Balaban J connectivity index is 2.37. The number of hydrogen-bond acceptors (Lipinski definition) is 2. The van der Waals surface area contributed by atoms with Gasteiger partial charge in [0.25, 0.3) is 0 Å². The van der Waals surface area contributed by atoms with Crippen molar-refractivity contribution in [3.8, 4) is 0 Å². The summed E-state index contributed by atoms with van der Waals surface area (Å²) in [6, 6.07) is 10.0. The fourth-order valence-corrected chi connectivity index (χ4v) is 1.72. The lowest BCUT2D eigenvalue weighted by Gasteiger charge is -2.13. The molecule has 0 bridgehead atoms. The van der Waals surface area contributed by atoms with E-state index in [1.807, 2.05) is 37.3 Å². The van der Waals surface area contributed by atoms with E-state index in [4.69, 9.17) is 4.74 Å². The van der Waals surface area contributed by atoms with Gasteiger partial charge in [-0.25, -0.2) is 0 Å². The van der Waals surface area contributed by atoms with E-state index in [-0.39, 0.29) is 11.9 Å². The number of alkyl halides is 1. The van der Waals surface area contributed by atoms with Crippen LogP contribution in [0.2, 0.25) is 0 Å². The Labute approximate surface area is 117 Å². The quantitative estimate of drug-likeness (QED) is 0.448. The monoisotopic (exact) mass is 346 g/mol. The fourth-order valence-electron chi connectivity index (χ4n) is 1.46. The van der Waals surface area contributed by atoms with Gasteiger partial charge in [0.2, 0.25) is 0 Å². The Hall–Kier alpha value is -0.580. The summed E-state index contributed by atoms with van der Waals surface area (Å²) in [7, 11) is 0. The zero-order chi connectivity index (χ0) is 12.7. The fraction of sp³-hybridized carbons (Fsp3) is 0.500. The lowest BCUT2D eigenvalue weighted by molar-refractivity contribution is -0.148. The summed E-state index contributed by atoms with van der Waals surface area (Å²) in [5, 5.41) is 0. The van der Waals surface area contributed by atoms with Crippen LogP contribution in [0.15, 0.2) is 30.3 Å². The molecule has 0 fully saturated rings. The van der Waals surface area contributed by atoms with Gasteiger partial charge in [-0.2, -0.15) is 0 Å². The van der Waals surface area contributed by atoms with E-state index in [0.717, 1.165) is 10.8 Å². The normalized spacial score (nSPS) is 14.1. The van der Waals surface area contributed by atoms with Crippen molar-refractivity contribution >= 4 is 28.6 Å². The van der Waals surface area contributed by atoms with E-state index in [1.165, 1.54) is 5.56 Å². The molecule has 0 aliphatic rings. The molecule has 17 heavy (non-hydrogen) atoms. The minimum absolute atomic E-state index is 0.0705. The maximum absolute atomic E-state index is 11.7. The molecule has 0 aliphatic carbocycles. The standard InChI is InChI=1S/C14H19IO2/c1-11(9-15)10-17-14(16)12(2)8-13-6-4-3-5-7-13/h3-7,11-12H,8-10H2,1-2H3/t11-,12+/m0/s1. The van der Waals surface area contributed by atoms with Gasteiger partial charge < -0.3 is 4.74 Å². The second-order valence-electron chi connectivity index (χ2n) is 4.48. The van der Waals surface area contributed by atoms with Crippen LogP contribution in [0.25, 0.3) is 0 Å². The Morgan fingerprint density at radius 3 is 2.53 bits per heavy atom. The number of carbonyl (C=O) groups excluding carboxylic acids is 1. The minimum atomic E-state index is -0.0921. The van der Waals surface area contributed by atoms with Crippen molar-refractivity contribution in [3.63, 3.8) is 0 Å². The third-order valence-electron chi connectivity index (χ3n) is 2.56. The van der Waals surface area contributed by atoms with E-state index >= 15 is 0 Å². The minimum Gasteiger partial charge on any atom is -0.465 e. The Morgan fingerprint density at radius 1 is 1.29 bits per heavy atom. The van der Waals surface area contributed by atoms with Crippen LogP contribution >= 0.6 is 22.6 Å². The van der Waals surface area contributed by atoms with Crippen LogP contribution in [0.1, 0.15) is 19.4 Å². The first-order valence-corrected chi connectivity index (χ1v) is 7.42. The zero-order valence-corrected chi connectivity index (χ0v) is 12.5. The summed E-state index contributed by atoms with van der Waals surface area (Å²) in [5.74, 6) is 0.271. The molecule has 0 spiro atoms. The number of halogens is 1. The maximum Gasteiger partial charge on any atom is 0.308 e. The highest BCUT2D eigenvalue weighted by Gasteiger charge is 2.15. The highest BCUT2D eigenvalue weighted by Crippen LogP contribution is 2.11. The van der Waals surface area contributed by atoms with Gasteiger partial charge in [0.1, 0.15) is 0 Å². The van der Waals surface area contributed by atoms with Gasteiger partial charge in [-0.3, -0.25) is 4.79 Å². The predicted molar refractivity (Wildman–Crippen MR) is 78.3 cm³/mol. The molecular weight excluding hydrogens is 327 g/mol. The maximum atomic E-state index is 11.7. The largest absolute Gasteiger partial charge is 0.465 e. The molecule has 2 atom stereocenters. The third kappa shape index (κ3) is 5.52. The van der Waals surface area contributed by atoms with Crippen LogP contribution < -0.4 is 0 Å². The summed E-state index contributed by atoms with van der Waals surface area (Å²) in [6.07, 6.45) is 0.748. The molecule has 0 aliphatic heterocycles. The average Bonchev–Trinajstić information content (AvgIpc) is 2.36. The van der Waals surface area contributed by atoms with E-state index in [1.54, 1.807) is 0 Å². The van der Waals surface area contributed by atoms with Crippen molar-refractivity contribution in [3.05, 3.63) is 35.9 Å². The molecule has 1 aromatic carbocycles. The summed E-state index contributed by atoms with van der Waals surface area (Å²) < 4.78 is 6.30. The second kappa shape index (κ2) is 7.69. The van der Waals surface area contributed by atoms with Crippen molar-refractivity contribution in [1.29, 1.82) is 0 Å². The van der Waals surface area contributed by atoms with Gasteiger partial charge >= 0.3 is 5.97 Å². The molecule has 0 N–H and O–H groups in total. The van der Waals surface area contributed by atoms with Gasteiger partial charge in [-0.05, 0) is 17.9 Å². The van der Waals surface area contributed by atoms with E-state index < -0.39 is 0 Å². The summed E-state index contributed by atoms with van der Waals surface area (Å²) in [4.78, 5) is 11.7. The second-order valence-corrected chi connectivity index (χ2v) is 5.36. The van der Waals surface area contributed by atoms with Crippen molar-refractivity contribution in [1.82, 2.24) is 0 Å². The van der Waals surface area contributed by atoms with Crippen LogP contribution in [0.3, 0.4) is 0 Å². The molecule has 0 saturated heterocycles. The van der Waals surface area contributed by atoms with Crippen molar-refractivity contribution in [2.75, 3.05) is 11.0 Å². The first-order valence-electron chi connectivity index (χ1n) is 5.90. The lowest BCUT2D eigenvalue weighted by atomic mass is 10.0. The molecule has 0 saturated carbocycles. The molecule has 0 heterocycles. The predicted octanol–water partition coefficient (Wildman–Crippen LogP) is 3.48. The molecule has 0 unspecified atom stereocenters. The first kappa shape index (κ1) is 14.5. The highest BCUT2D eigenvalue weighted by atomic mass is 127. The van der Waals surface area contributed by atoms with E-state index in [0.29, 0.717) is 12.5 Å². The van der Waals surface area contributed by atoms with Crippen LogP contribution in [0.5, 0.6) is 0 Å². The lowest BCUT2D eigenvalue weighted by Crippen LogP contribution is -2.20. The zero-order valence-electron chi connectivity index (χ0n) is 10.4. The molecular formula is C14H19IO2. The highest BCUT2D eigenvalue weighted by molar-refractivity contribution is 14.1. The first-order chi connectivity index (χ1) is 8.13. The van der Waals surface area contributed by atoms with Crippen LogP contribution in [0, 0.1) is 11.8 Å². The Morgan fingerprint density at radius 2 is 1.94 bits per heavy atom. The van der Waals surface area contributed by atoms with Gasteiger partial charge in [0.05, 0.1) is 12.5 Å². The van der Waals surface area contributed by atoms with Gasteiger partial charge in [0, 0.05) is 4.43 Å². The molecule has 1 aromatic rings. The molecule has 1 rings (SSSR count). The SMILES string of the molecule is C[C@@H](CI)COC(=O)[C@H](C)Cc1ccccc1. The number of carbonyl (C=O) groups is 1. The molecule has 94 valence electrons. The van der Waals surface area contributed by atoms with Gasteiger partial charge in [-0.1, -0.05) is 66.8 Å². The van der Waals surface area contributed by atoms with Gasteiger partial charge in [-0.15, -0.1) is 0 Å². The smallest absolute Gasteiger partial charge is 0.308 e. The van der Waals surface area contributed by atoms with Crippen LogP contribution in [-0.2, 0) is 16.0 Å². The molecule has 3 heteroatoms. The van der Waals surface area contributed by atoms with Crippen LogP contribution in [-0.4, -0.2) is 17.0 Å². The van der Waals surface area contributed by atoms with Crippen molar-refractivity contribution in [2.24, 2.45) is 11.8 Å². The van der Waals surface area contributed by atoms with Gasteiger partial charge in [0.15, 0.2) is 0 Å². The third-order valence-corrected chi connectivity index (χ3v) is 4.06. The van der Waals surface area contributed by atoms with E-state index in [2.05, 4.69) is 29.5 Å². The molecule has 0 amide bonds. The number of ether oxygens (including phenoxy) is 1. The van der Waals surface area contributed by atoms with E-state index in [9.17, 15) is 4.79 Å². The summed E-state index contributed by atoms with van der Waals surface area (Å²) in [5.41, 5.74) is 1.18. The number of rotatable bonds is 6. The Bertz CT molecular complexity index is 337. The number of benzene rings is 1. The number of hydrogen-bond donors (Lipinski definition) is 0. The van der Waals surface area contributed by atoms with Crippen molar-refractivity contribution < 1.29 is 9.53 Å². The molecule has 2 nitrogen and oxygen atoms in total. The molecule has 0 radical (unpaired) electrons. The number of esters is 1. The Kier molecular flexibility index (Phi) is 6.55. The average molecular weight is 346 g/mol. The molecule has 0 aromatic heterocycles. The topological polar surface area (TPSA) is 26.3 Å². The summed E-state index contributed by atoms with van der Waals surface area (Å²) >= 11 is 2.30. The van der Waals surface area contributed by atoms with Crippen molar-refractivity contribution in [2.45, 2.75) is 20.3 Å². The van der Waals surface area contributed by atoms with Crippen LogP contribution in [0.4, 0.5) is 0 Å². The summed E-state index contributed by atoms with van der Waals surface area (Å²) in [6.45, 7) is 4.53.